The van der Waals surface area contributed by atoms with E-state index >= 15 is 0 Å². The van der Waals surface area contributed by atoms with E-state index in [1.54, 1.807) is 13.0 Å². The molecule has 0 aliphatic carbocycles. The first-order chi connectivity index (χ1) is 15.0. The molecule has 31 heavy (non-hydrogen) atoms. The molecule has 0 bridgehead atoms. The summed E-state index contributed by atoms with van der Waals surface area (Å²) in [5, 5.41) is 9.33. The van der Waals surface area contributed by atoms with Gasteiger partial charge in [0, 0.05) is 30.4 Å². The average Bonchev–Trinajstić information content (AvgIpc) is 3.41. The van der Waals surface area contributed by atoms with Gasteiger partial charge in [-0.05, 0) is 23.9 Å². The molecule has 7 nitrogen and oxygen atoms in total. The van der Waals surface area contributed by atoms with E-state index in [0.29, 0.717) is 29.2 Å². The molecule has 1 amide bonds. The topological polar surface area (TPSA) is 92.7 Å². The average molecular weight is 454 g/mol. The number of aromatic amines is 1. The molecule has 0 radical (unpaired) electrons. The smallest absolute Gasteiger partial charge is 0.256 e. The van der Waals surface area contributed by atoms with Crippen molar-refractivity contribution in [2.75, 3.05) is 11.2 Å². The Morgan fingerprint density at radius 1 is 1.23 bits per heavy atom. The third-order valence-electron chi connectivity index (χ3n) is 4.71. The Morgan fingerprint density at radius 3 is 2.71 bits per heavy atom. The normalized spacial score (nSPS) is 10.9. The number of benzene rings is 1. The van der Waals surface area contributed by atoms with Crippen molar-refractivity contribution < 1.29 is 4.79 Å². The molecule has 9 heteroatoms. The summed E-state index contributed by atoms with van der Waals surface area (Å²) in [6, 6.07) is 15.4. The lowest BCUT2D eigenvalue weighted by molar-refractivity contribution is -0.115. The maximum Gasteiger partial charge on any atom is 0.256 e. The van der Waals surface area contributed by atoms with E-state index in [0.717, 1.165) is 10.4 Å². The Morgan fingerprint density at radius 2 is 2.03 bits per heavy atom. The van der Waals surface area contributed by atoms with Crippen molar-refractivity contribution in [3.63, 3.8) is 0 Å². The van der Waals surface area contributed by atoms with Crippen LogP contribution in [-0.2, 0) is 11.2 Å². The van der Waals surface area contributed by atoms with E-state index in [2.05, 4.69) is 20.4 Å². The number of halogens is 1. The number of carbonyl (C=O) groups excluding carboxylic acids is 1. The van der Waals surface area contributed by atoms with Crippen molar-refractivity contribution in [1.29, 1.82) is 0 Å². The van der Waals surface area contributed by atoms with Gasteiger partial charge < -0.3 is 5.32 Å². The molecule has 2 N–H and O–H groups in total. The van der Waals surface area contributed by atoms with E-state index in [4.69, 9.17) is 11.6 Å². The molecule has 0 saturated carbocycles. The summed E-state index contributed by atoms with van der Waals surface area (Å²) >= 11 is 7.22. The van der Waals surface area contributed by atoms with E-state index in [1.165, 1.54) is 16.0 Å². The molecule has 158 valence electrons. The van der Waals surface area contributed by atoms with Gasteiger partial charge in [-0.1, -0.05) is 36.4 Å². The third kappa shape index (κ3) is 4.76. The SMILES string of the molecule is Cc1nc(-n2nc(-c3cccs3)cc2NC(=O)CCCl)[nH]c(=O)c1Cc1ccccc1. The molecule has 3 heterocycles. The number of hydrogen-bond donors (Lipinski definition) is 2. The first-order valence-electron chi connectivity index (χ1n) is 9.69. The zero-order valence-electron chi connectivity index (χ0n) is 16.8. The van der Waals surface area contributed by atoms with Crippen molar-refractivity contribution in [2.24, 2.45) is 0 Å². The predicted molar refractivity (Wildman–Crippen MR) is 123 cm³/mol. The predicted octanol–water partition coefficient (Wildman–Crippen LogP) is 4.15. The number of nitrogens with zero attached hydrogens (tertiary/aromatic N) is 3. The van der Waals surface area contributed by atoms with Crippen LogP contribution in [0.4, 0.5) is 5.82 Å². The molecule has 0 spiro atoms. The van der Waals surface area contributed by atoms with Gasteiger partial charge >= 0.3 is 0 Å². The fourth-order valence-corrected chi connectivity index (χ4v) is 4.02. The van der Waals surface area contributed by atoms with Crippen molar-refractivity contribution in [1.82, 2.24) is 19.7 Å². The van der Waals surface area contributed by atoms with Crippen molar-refractivity contribution in [2.45, 2.75) is 19.8 Å². The van der Waals surface area contributed by atoms with Crippen molar-refractivity contribution >= 4 is 34.7 Å². The lowest BCUT2D eigenvalue weighted by Crippen LogP contribution is -2.22. The fourth-order valence-electron chi connectivity index (χ4n) is 3.17. The number of hydrogen-bond acceptors (Lipinski definition) is 5. The molecule has 3 aromatic heterocycles. The Kier molecular flexibility index (Phi) is 6.29. The van der Waals surface area contributed by atoms with Crippen LogP contribution < -0.4 is 10.9 Å². The van der Waals surface area contributed by atoms with Crippen LogP contribution in [0.3, 0.4) is 0 Å². The first kappa shape index (κ1) is 21.0. The highest BCUT2D eigenvalue weighted by atomic mass is 35.5. The number of H-pyrrole nitrogens is 1. The second-order valence-corrected chi connectivity index (χ2v) is 8.23. The van der Waals surface area contributed by atoms with Crippen molar-refractivity contribution in [3.05, 3.63) is 81.1 Å². The highest BCUT2D eigenvalue weighted by Gasteiger charge is 2.17. The van der Waals surface area contributed by atoms with Gasteiger partial charge in [-0.3, -0.25) is 14.6 Å². The number of carbonyl (C=O) groups is 1. The third-order valence-corrected chi connectivity index (χ3v) is 5.79. The van der Waals surface area contributed by atoms with E-state index in [1.807, 2.05) is 47.8 Å². The van der Waals surface area contributed by atoms with Gasteiger partial charge in [0.25, 0.3) is 5.56 Å². The van der Waals surface area contributed by atoms with Crippen LogP contribution in [0.5, 0.6) is 0 Å². The lowest BCUT2D eigenvalue weighted by Gasteiger charge is -2.10. The molecule has 1 aromatic carbocycles. The number of amides is 1. The van der Waals surface area contributed by atoms with Gasteiger partial charge in [0.1, 0.15) is 11.5 Å². The lowest BCUT2D eigenvalue weighted by atomic mass is 10.1. The van der Waals surface area contributed by atoms with Gasteiger partial charge in [-0.2, -0.15) is 9.78 Å². The Labute approximate surface area is 187 Å². The Balaban J connectivity index is 1.74. The number of anilines is 1. The number of rotatable bonds is 7. The van der Waals surface area contributed by atoms with Gasteiger partial charge in [0.05, 0.1) is 10.6 Å². The minimum absolute atomic E-state index is 0.167. The number of nitrogens with one attached hydrogen (secondary N) is 2. The Hall–Kier alpha value is -3.23. The highest BCUT2D eigenvalue weighted by Crippen LogP contribution is 2.27. The van der Waals surface area contributed by atoms with Crippen LogP contribution in [0.15, 0.2) is 58.7 Å². The molecule has 4 rings (SSSR count). The second kappa shape index (κ2) is 9.28. The quantitative estimate of drug-likeness (QED) is 0.411. The number of alkyl halides is 1. The molecule has 0 unspecified atom stereocenters. The molecule has 0 atom stereocenters. The maximum atomic E-state index is 12.9. The minimum atomic E-state index is -0.242. The summed E-state index contributed by atoms with van der Waals surface area (Å²) in [6.07, 6.45) is 0.647. The molecule has 0 aliphatic rings. The van der Waals surface area contributed by atoms with Gasteiger partial charge in [0.15, 0.2) is 0 Å². The number of aryl methyl sites for hydroxylation is 1. The number of thiophene rings is 1. The molecule has 0 fully saturated rings. The van der Waals surface area contributed by atoms with Crippen LogP contribution in [0.1, 0.15) is 23.2 Å². The summed E-state index contributed by atoms with van der Waals surface area (Å²) in [4.78, 5) is 33.4. The summed E-state index contributed by atoms with van der Waals surface area (Å²) in [6.45, 7) is 1.80. The molecule has 4 aromatic rings. The van der Waals surface area contributed by atoms with E-state index < -0.39 is 0 Å². The summed E-state index contributed by atoms with van der Waals surface area (Å²) < 4.78 is 1.45. The van der Waals surface area contributed by atoms with Crippen LogP contribution in [0.2, 0.25) is 0 Å². The van der Waals surface area contributed by atoms with Gasteiger partial charge in [0.2, 0.25) is 11.9 Å². The molecule has 0 saturated heterocycles. The summed E-state index contributed by atoms with van der Waals surface area (Å²) in [5.41, 5.74) is 2.66. The second-order valence-electron chi connectivity index (χ2n) is 6.91. The minimum Gasteiger partial charge on any atom is -0.310 e. The van der Waals surface area contributed by atoms with Crippen LogP contribution >= 0.6 is 22.9 Å². The molecular formula is C22H20ClN5O2S. The van der Waals surface area contributed by atoms with Gasteiger partial charge in [-0.25, -0.2) is 4.98 Å². The summed E-state index contributed by atoms with van der Waals surface area (Å²) in [7, 11) is 0. The van der Waals surface area contributed by atoms with E-state index in [9.17, 15) is 9.59 Å². The monoisotopic (exact) mass is 453 g/mol. The highest BCUT2D eigenvalue weighted by molar-refractivity contribution is 7.13. The first-order valence-corrected chi connectivity index (χ1v) is 11.1. The van der Waals surface area contributed by atoms with Crippen molar-refractivity contribution in [3.8, 4) is 16.5 Å². The zero-order chi connectivity index (χ0) is 21.8. The maximum absolute atomic E-state index is 12.9. The number of aromatic nitrogens is 4. The fraction of sp³-hybridized carbons (Fsp3) is 0.182. The zero-order valence-corrected chi connectivity index (χ0v) is 18.3. The standard InChI is InChI=1S/C22H20ClN5O2S/c1-14-16(12-15-6-3-2-4-7-15)21(30)26-22(24-14)28-19(25-20(29)9-10-23)13-17(27-28)18-8-5-11-31-18/h2-8,11,13H,9-10,12H2,1H3,(H,25,29)(H,24,26,30). The molecule has 0 aliphatic heterocycles. The van der Waals surface area contributed by atoms with Crippen LogP contribution in [-0.4, -0.2) is 31.5 Å². The summed E-state index contributed by atoms with van der Waals surface area (Å²) in [5.74, 6) is 0.619. The largest absolute Gasteiger partial charge is 0.310 e. The molecular weight excluding hydrogens is 434 g/mol. The Bertz CT molecular complexity index is 1250. The van der Waals surface area contributed by atoms with E-state index in [-0.39, 0.29) is 29.7 Å². The van der Waals surface area contributed by atoms with Gasteiger partial charge in [-0.15, -0.1) is 22.9 Å². The van der Waals surface area contributed by atoms with Crippen LogP contribution in [0, 0.1) is 6.92 Å². The van der Waals surface area contributed by atoms with Crippen LogP contribution in [0.25, 0.3) is 16.5 Å².